The third-order valence-corrected chi connectivity index (χ3v) is 4.45. The molecule has 0 radical (unpaired) electrons. The van der Waals surface area contributed by atoms with Crippen molar-refractivity contribution >= 4 is 33.3 Å². The Hall–Kier alpha value is -3.70. The summed E-state index contributed by atoms with van der Waals surface area (Å²) in [5, 5.41) is 20.2. The van der Waals surface area contributed by atoms with Crippen LogP contribution in [0.25, 0.3) is 11.6 Å². The summed E-state index contributed by atoms with van der Waals surface area (Å²) in [5.74, 6) is 1.03. The maximum atomic E-state index is 10.7. The minimum Gasteiger partial charge on any atom is -0.493 e. The van der Waals surface area contributed by atoms with Gasteiger partial charge in [-0.1, -0.05) is 34.1 Å². The zero-order valence-electron chi connectivity index (χ0n) is 15.2. The lowest BCUT2D eigenvalue weighted by Crippen LogP contribution is -1.94. The smallest absolute Gasteiger partial charge is 0.287 e. The van der Waals surface area contributed by atoms with E-state index in [0.717, 1.165) is 21.8 Å². The van der Waals surface area contributed by atoms with Crippen molar-refractivity contribution < 1.29 is 14.4 Å². The highest BCUT2D eigenvalue weighted by Crippen LogP contribution is 2.33. The zero-order valence-corrected chi connectivity index (χ0v) is 16.8. The van der Waals surface area contributed by atoms with E-state index in [1.807, 2.05) is 24.3 Å². The molecule has 0 aliphatic rings. The number of ether oxygens (including phenoxy) is 2. The number of rotatable bonds is 6. The Morgan fingerprint density at radius 1 is 1.17 bits per heavy atom. The zero-order chi connectivity index (χ0) is 20.8. The maximum Gasteiger partial charge on any atom is 0.287 e. The second-order valence-electron chi connectivity index (χ2n) is 5.80. The van der Waals surface area contributed by atoms with E-state index in [1.165, 1.54) is 19.2 Å². The van der Waals surface area contributed by atoms with Gasteiger partial charge in [-0.25, -0.2) is 4.98 Å². The first-order valence-corrected chi connectivity index (χ1v) is 9.13. The molecule has 0 saturated carbocycles. The van der Waals surface area contributed by atoms with Gasteiger partial charge in [0.2, 0.25) is 5.88 Å². The molecule has 7 nitrogen and oxygen atoms in total. The molecular weight excluding hydrogens is 438 g/mol. The van der Waals surface area contributed by atoms with Crippen LogP contribution in [0.3, 0.4) is 0 Å². The Balaban J connectivity index is 1.87. The van der Waals surface area contributed by atoms with E-state index in [-0.39, 0.29) is 11.6 Å². The fourth-order valence-corrected chi connectivity index (χ4v) is 2.75. The average Bonchev–Trinajstić information content (AvgIpc) is 2.74. The molecule has 0 atom stereocenters. The molecule has 0 N–H and O–H groups in total. The van der Waals surface area contributed by atoms with Crippen molar-refractivity contribution in [2.75, 3.05) is 7.11 Å². The van der Waals surface area contributed by atoms with Crippen molar-refractivity contribution in [3.63, 3.8) is 0 Å². The van der Waals surface area contributed by atoms with E-state index in [0.29, 0.717) is 17.1 Å². The van der Waals surface area contributed by atoms with Gasteiger partial charge in [-0.05, 0) is 41.5 Å². The molecule has 0 amide bonds. The summed E-state index contributed by atoms with van der Waals surface area (Å²) in [4.78, 5) is 14.1. The Morgan fingerprint density at radius 2 is 1.93 bits per heavy atom. The van der Waals surface area contributed by atoms with Crippen LogP contribution in [-0.4, -0.2) is 17.0 Å². The van der Waals surface area contributed by atoms with Crippen molar-refractivity contribution in [1.29, 1.82) is 5.26 Å². The molecule has 29 heavy (non-hydrogen) atoms. The Kier molecular flexibility index (Phi) is 6.22. The second kappa shape index (κ2) is 8.99. The number of pyridine rings is 1. The van der Waals surface area contributed by atoms with Gasteiger partial charge >= 0.3 is 0 Å². The molecule has 144 valence electrons. The highest BCUT2D eigenvalue weighted by molar-refractivity contribution is 9.10. The van der Waals surface area contributed by atoms with Gasteiger partial charge in [0.25, 0.3) is 5.69 Å². The number of aromatic nitrogens is 1. The lowest BCUT2D eigenvalue weighted by Gasteiger charge is -2.10. The molecule has 0 unspecified atom stereocenters. The van der Waals surface area contributed by atoms with Crippen molar-refractivity contribution in [2.24, 2.45) is 0 Å². The van der Waals surface area contributed by atoms with Gasteiger partial charge in [-0.2, -0.15) is 5.26 Å². The number of nitrogens with zero attached hydrogens (tertiary/aromatic N) is 3. The number of hydrogen-bond donors (Lipinski definition) is 0. The van der Waals surface area contributed by atoms with Crippen LogP contribution in [0.5, 0.6) is 17.4 Å². The fraction of sp³-hybridized carbons (Fsp3) is 0.0476. The Bertz CT molecular complexity index is 1100. The minimum atomic E-state index is -0.531. The molecule has 1 heterocycles. The van der Waals surface area contributed by atoms with Crippen LogP contribution in [0.15, 0.2) is 65.3 Å². The largest absolute Gasteiger partial charge is 0.493 e. The van der Waals surface area contributed by atoms with Crippen LogP contribution < -0.4 is 9.47 Å². The molecule has 0 fully saturated rings. The van der Waals surface area contributed by atoms with Gasteiger partial charge in [0.15, 0.2) is 11.5 Å². The molecule has 0 spiro atoms. The normalized spacial score (nSPS) is 10.9. The predicted molar refractivity (Wildman–Crippen MR) is 112 cm³/mol. The molecule has 2 aromatic carbocycles. The Morgan fingerprint density at radius 3 is 2.52 bits per heavy atom. The summed E-state index contributed by atoms with van der Waals surface area (Å²) >= 11 is 3.38. The summed E-state index contributed by atoms with van der Waals surface area (Å²) < 4.78 is 12.0. The molecule has 8 heteroatoms. The number of halogens is 1. The van der Waals surface area contributed by atoms with Crippen LogP contribution in [0.2, 0.25) is 0 Å². The Labute approximate surface area is 175 Å². The van der Waals surface area contributed by atoms with E-state index in [2.05, 4.69) is 27.0 Å². The first-order valence-electron chi connectivity index (χ1n) is 8.34. The van der Waals surface area contributed by atoms with Crippen LogP contribution in [0.4, 0.5) is 5.69 Å². The van der Waals surface area contributed by atoms with Crippen molar-refractivity contribution in [3.05, 3.63) is 86.5 Å². The quantitative estimate of drug-likeness (QED) is 0.209. The highest BCUT2D eigenvalue weighted by atomic mass is 79.9. The van der Waals surface area contributed by atoms with Crippen LogP contribution in [-0.2, 0) is 0 Å². The first kappa shape index (κ1) is 20.0. The number of allylic oxidation sites excluding steroid dienone is 1. The second-order valence-corrected chi connectivity index (χ2v) is 6.72. The summed E-state index contributed by atoms with van der Waals surface area (Å²) in [5.41, 5.74) is 1.93. The molecule has 0 aliphatic heterocycles. The fourth-order valence-electron chi connectivity index (χ4n) is 2.49. The van der Waals surface area contributed by atoms with Crippen LogP contribution in [0, 0.1) is 21.4 Å². The van der Waals surface area contributed by atoms with Gasteiger partial charge in [0.05, 0.1) is 23.7 Å². The van der Waals surface area contributed by atoms with Gasteiger partial charge in [-0.15, -0.1) is 0 Å². The van der Waals surface area contributed by atoms with Gasteiger partial charge < -0.3 is 9.47 Å². The van der Waals surface area contributed by atoms with E-state index in [4.69, 9.17) is 9.47 Å². The number of benzene rings is 2. The number of nitriles is 1. The van der Waals surface area contributed by atoms with E-state index >= 15 is 0 Å². The summed E-state index contributed by atoms with van der Waals surface area (Å²) in [6.07, 6.45) is 2.87. The monoisotopic (exact) mass is 451 g/mol. The molecule has 3 rings (SSSR count). The maximum absolute atomic E-state index is 10.7. The third kappa shape index (κ3) is 4.97. The summed E-state index contributed by atoms with van der Waals surface area (Å²) in [6.45, 7) is 0. The van der Waals surface area contributed by atoms with E-state index in [9.17, 15) is 15.4 Å². The molecular formula is C21H14BrN3O4. The highest BCUT2D eigenvalue weighted by Gasteiger charge is 2.11. The SMILES string of the molecule is COc1cc(/C=C(/C#N)c2ccc(Br)cc2)ccc1Oc1ccc([N+](=O)[O-])cn1. The number of nitro groups is 1. The first-order chi connectivity index (χ1) is 14.0. The number of hydrogen-bond acceptors (Lipinski definition) is 6. The van der Waals surface area contributed by atoms with Gasteiger partial charge in [-0.3, -0.25) is 10.1 Å². The summed E-state index contributed by atoms with van der Waals surface area (Å²) in [6, 6.07) is 17.6. The van der Waals surface area contributed by atoms with Crippen molar-refractivity contribution in [2.45, 2.75) is 0 Å². The van der Waals surface area contributed by atoms with Gasteiger partial charge in [0.1, 0.15) is 6.20 Å². The molecule has 0 saturated heterocycles. The number of methoxy groups -OCH3 is 1. The van der Waals surface area contributed by atoms with Gasteiger partial charge in [0, 0.05) is 16.6 Å². The minimum absolute atomic E-state index is 0.123. The molecule has 0 aliphatic carbocycles. The topological polar surface area (TPSA) is 98.3 Å². The standard InChI is InChI=1S/C21H14BrN3O4/c1-28-20-11-14(10-16(12-23)15-3-5-17(22)6-4-15)2-8-19(20)29-21-9-7-18(13-24-21)25(26)27/h2-11,13H,1H3/b16-10-. The molecule has 3 aromatic rings. The summed E-state index contributed by atoms with van der Waals surface area (Å²) in [7, 11) is 1.50. The third-order valence-electron chi connectivity index (χ3n) is 3.92. The predicted octanol–water partition coefficient (Wildman–Crippen LogP) is 5.62. The van der Waals surface area contributed by atoms with E-state index in [1.54, 1.807) is 24.3 Å². The molecule has 0 bridgehead atoms. The average molecular weight is 452 g/mol. The van der Waals surface area contributed by atoms with Crippen molar-refractivity contribution in [3.8, 4) is 23.4 Å². The lowest BCUT2D eigenvalue weighted by atomic mass is 10.0. The van der Waals surface area contributed by atoms with Crippen molar-refractivity contribution in [1.82, 2.24) is 4.98 Å². The lowest BCUT2D eigenvalue weighted by molar-refractivity contribution is -0.385. The van der Waals surface area contributed by atoms with Crippen LogP contribution in [0.1, 0.15) is 11.1 Å². The molecule has 1 aromatic heterocycles. The van der Waals surface area contributed by atoms with Crippen LogP contribution >= 0.6 is 15.9 Å². The van der Waals surface area contributed by atoms with E-state index < -0.39 is 4.92 Å².